The molecule has 0 unspecified atom stereocenters. The number of likely N-dealkylation sites (tertiary alicyclic amines) is 1. The van der Waals surface area contributed by atoms with Crippen LogP contribution in [-0.4, -0.2) is 60.7 Å². The lowest BCUT2D eigenvalue weighted by atomic mass is 9.56. The number of hydrogen-bond acceptors (Lipinski definition) is 6. The van der Waals surface area contributed by atoms with Gasteiger partial charge in [0.2, 0.25) is 0 Å². The Hall–Kier alpha value is -2.42. The number of benzene rings is 1. The molecule has 10 heteroatoms. The van der Waals surface area contributed by atoms with Gasteiger partial charge in [-0.2, -0.15) is 5.06 Å². The number of allylic oxidation sites excluding steroid dienone is 2. The Bertz CT molecular complexity index is 1150. The summed E-state index contributed by atoms with van der Waals surface area (Å²) in [6.45, 7) is 1.69. The Morgan fingerprint density at radius 3 is 2.44 bits per heavy atom. The summed E-state index contributed by atoms with van der Waals surface area (Å²) in [7, 11) is 1.30. The zero-order valence-corrected chi connectivity index (χ0v) is 18.7. The first-order chi connectivity index (χ1) is 15.0. The van der Waals surface area contributed by atoms with Crippen LogP contribution in [0.4, 0.5) is 0 Å². The van der Waals surface area contributed by atoms with Gasteiger partial charge in [-0.1, -0.05) is 29.8 Å². The first-order valence-corrected chi connectivity index (χ1v) is 11.0. The van der Waals surface area contributed by atoms with Crippen LogP contribution in [0.15, 0.2) is 29.8 Å². The van der Waals surface area contributed by atoms with E-state index < -0.39 is 57.0 Å². The number of imide groups is 2. The van der Waals surface area contributed by atoms with Crippen molar-refractivity contribution >= 4 is 46.8 Å². The molecule has 5 rings (SSSR count). The number of halogens is 2. The van der Waals surface area contributed by atoms with Crippen molar-refractivity contribution in [3.8, 4) is 5.75 Å². The SMILES string of the molecule is Cc1cccc([C@H]2C3=CC[C@@H]4C(=O)N(O)C(=O)[C@@H]4[C@@H]3C[C@@]3(Cl)C(=O)N(C)C(=O)[C@@]23Cl)c1O. The fraction of sp³-hybridized carbons (Fsp3) is 0.455. The molecule has 2 aliphatic heterocycles. The Morgan fingerprint density at radius 2 is 1.75 bits per heavy atom. The molecule has 8 nitrogen and oxygen atoms in total. The summed E-state index contributed by atoms with van der Waals surface area (Å²) in [5, 5.41) is 21.0. The molecule has 2 N–H and O–H groups in total. The first-order valence-electron chi connectivity index (χ1n) is 10.2. The third-order valence-electron chi connectivity index (χ3n) is 7.57. The number of rotatable bonds is 1. The fourth-order valence-electron chi connectivity index (χ4n) is 5.99. The number of alkyl halides is 2. The van der Waals surface area contributed by atoms with Crippen LogP contribution < -0.4 is 0 Å². The summed E-state index contributed by atoms with van der Waals surface area (Å²) in [6.07, 6.45) is 1.73. The minimum absolute atomic E-state index is 0.0902. The fourth-order valence-corrected chi connectivity index (χ4v) is 7.00. The molecule has 1 aromatic rings. The molecule has 3 fully saturated rings. The highest BCUT2D eigenvalue weighted by Gasteiger charge is 2.76. The van der Waals surface area contributed by atoms with Gasteiger partial charge < -0.3 is 5.11 Å². The summed E-state index contributed by atoms with van der Waals surface area (Å²) < 4.78 is 0. The maximum atomic E-state index is 13.3. The second-order valence-corrected chi connectivity index (χ2v) is 10.2. The van der Waals surface area contributed by atoms with Crippen molar-refractivity contribution in [2.24, 2.45) is 17.8 Å². The van der Waals surface area contributed by atoms with Gasteiger partial charge in [0.05, 0.1) is 11.8 Å². The second-order valence-electron chi connectivity index (χ2n) is 9.00. The Balaban J connectivity index is 1.78. The van der Waals surface area contributed by atoms with Gasteiger partial charge in [0.15, 0.2) is 9.75 Å². The highest BCUT2D eigenvalue weighted by molar-refractivity contribution is 6.53. The highest BCUT2D eigenvalue weighted by atomic mass is 35.5. The van der Waals surface area contributed by atoms with Gasteiger partial charge >= 0.3 is 0 Å². The number of aryl methyl sites for hydroxylation is 1. The van der Waals surface area contributed by atoms with Crippen LogP contribution >= 0.6 is 23.2 Å². The highest BCUT2D eigenvalue weighted by Crippen LogP contribution is 2.65. The number of aromatic hydroxyl groups is 1. The summed E-state index contributed by atoms with van der Waals surface area (Å²) in [5.41, 5.74) is 1.41. The number of fused-ring (bicyclic) bond motifs is 4. The van der Waals surface area contributed by atoms with Gasteiger partial charge in [-0.15, -0.1) is 23.2 Å². The number of carbonyl (C=O) groups is 4. The lowest BCUT2D eigenvalue weighted by Gasteiger charge is -2.50. The number of amides is 4. The van der Waals surface area contributed by atoms with Crippen LogP contribution in [0.5, 0.6) is 5.75 Å². The van der Waals surface area contributed by atoms with E-state index in [1.54, 1.807) is 31.2 Å². The lowest BCUT2D eigenvalue weighted by Crippen LogP contribution is -2.60. The number of carbonyl (C=O) groups excluding carboxylic acids is 4. The summed E-state index contributed by atoms with van der Waals surface area (Å²) >= 11 is 13.9. The van der Waals surface area contributed by atoms with Gasteiger partial charge in [-0.05, 0) is 31.2 Å². The van der Waals surface area contributed by atoms with E-state index in [2.05, 4.69) is 0 Å². The smallest absolute Gasteiger partial charge is 0.257 e. The average molecular weight is 479 g/mol. The van der Waals surface area contributed by atoms with Gasteiger partial charge in [-0.3, -0.25) is 29.3 Å². The Labute approximate surface area is 193 Å². The second kappa shape index (κ2) is 6.56. The molecule has 32 heavy (non-hydrogen) atoms. The first kappa shape index (κ1) is 21.4. The van der Waals surface area contributed by atoms with Crippen molar-refractivity contribution < 1.29 is 29.5 Å². The van der Waals surface area contributed by atoms with Crippen LogP contribution in [0.2, 0.25) is 0 Å². The lowest BCUT2D eigenvalue weighted by molar-refractivity contribution is -0.173. The Morgan fingerprint density at radius 1 is 1.06 bits per heavy atom. The van der Waals surface area contributed by atoms with Crippen LogP contribution in [0, 0.1) is 24.7 Å². The molecule has 1 saturated carbocycles. The van der Waals surface area contributed by atoms with E-state index in [0.29, 0.717) is 16.7 Å². The number of hydrogen-bond donors (Lipinski definition) is 2. The summed E-state index contributed by atoms with van der Waals surface area (Å²) in [5.74, 6) is -6.42. The van der Waals surface area contributed by atoms with E-state index in [0.717, 1.165) is 4.90 Å². The molecule has 168 valence electrons. The molecular formula is C22H20Cl2N2O6. The number of phenolic OH excluding ortho intramolecular Hbond substituents is 1. The van der Waals surface area contributed by atoms with Crippen molar-refractivity contribution in [1.29, 1.82) is 0 Å². The number of para-hydroxylation sites is 1. The normalized spacial score (nSPS) is 38.6. The van der Waals surface area contributed by atoms with E-state index in [-0.39, 0.29) is 23.7 Å². The van der Waals surface area contributed by atoms with Crippen LogP contribution in [0.1, 0.15) is 29.9 Å². The van der Waals surface area contributed by atoms with Gasteiger partial charge in [0.1, 0.15) is 5.75 Å². The molecule has 1 aromatic carbocycles. The van der Waals surface area contributed by atoms with Crippen molar-refractivity contribution in [3.63, 3.8) is 0 Å². The van der Waals surface area contributed by atoms with Gasteiger partial charge in [-0.25, -0.2) is 0 Å². The quantitative estimate of drug-likeness (QED) is 0.276. The third-order valence-corrected chi connectivity index (χ3v) is 8.98. The number of hydroxylamine groups is 2. The largest absolute Gasteiger partial charge is 0.507 e. The van der Waals surface area contributed by atoms with Crippen molar-refractivity contribution in [1.82, 2.24) is 9.96 Å². The van der Waals surface area contributed by atoms with Gasteiger partial charge in [0.25, 0.3) is 23.6 Å². The molecule has 0 radical (unpaired) electrons. The summed E-state index contributed by atoms with van der Waals surface area (Å²) in [6, 6.07) is 5.00. The van der Waals surface area contributed by atoms with Crippen LogP contribution in [-0.2, 0) is 19.2 Å². The van der Waals surface area contributed by atoms with E-state index in [1.807, 2.05) is 0 Å². The van der Waals surface area contributed by atoms with Crippen molar-refractivity contribution in [3.05, 3.63) is 41.0 Å². The molecule has 4 aliphatic rings. The average Bonchev–Trinajstić information content (AvgIpc) is 3.06. The van der Waals surface area contributed by atoms with E-state index in [9.17, 15) is 29.5 Å². The monoisotopic (exact) mass is 478 g/mol. The molecule has 6 atom stereocenters. The van der Waals surface area contributed by atoms with E-state index in [4.69, 9.17) is 23.2 Å². The topological polar surface area (TPSA) is 115 Å². The van der Waals surface area contributed by atoms with E-state index >= 15 is 0 Å². The van der Waals surface area contributed by atoms with E-state index in [1.165, 1.54) is 7.05 Å². The molecule has 0 spiro atoms. The molecule has 2 heterocycles. The zero-order valence-electron chi connectivity index (χ0n) is 17.2. The molecule has 2 aliphatic carbocycles. The van der Waals surface area contributed by atoms with Gasteiger partial charge in [0, 0.05) is 18.5 Å². The van der Waals surface area contributed by atoms with Crippen molar-refractivity contribution in [2.45, 2.75) is 35.4 Å². The molecule has 2 saturated heterocycles. The summed E-state index contributed by atoms with van der Waals surface area (Å²) in [4.78, 5) is 48.8. The standard InChI is InChI=1S/C22H20Cl2N2O6/c1-9-4-3-5-12(16(9)27)15-10-6-7-11-14(18(29)26(32)17(11)28)13(10)8-21(23)19(30)25(2)20(31)22(15,21)24/h3-6,11,13-15,27,32H,7-8H2,1-2H3/t11-,13+,14-,15+,21+,22-/m0/s1. The molecular weight excluding hydrogens is 459 g/mol. The predicted molar refractivity (Wildman–Crippen MR) is 112 cm³/mol. The minimum atomic E-state index is -1.94. The van der Waals surface area contributed by atoms with Crippen LogP contribution in [0.3, 0.4) is 0 Å². The molecule has 0 bridgehead atoms. The Kier molecular flexibility index (Phi) is 4.39. The third kappa shape index (κ3) is 2.27. The number of nitrogens with zero attached hydrogens (tertiary/aromatic N) is 2. The molecule has 0 aromatic heterocycles. The maximum Gasteiger partial charge on any atom is 0.257 e. The molecule has 4 amide bonds. The van der Waals surface area contributed by atoms with Crippen molar-refractivity contribution in [2.75, 3.05) is 7.05 Å². The minimum Gasteiger partial charge on any atom is -0.507 e. The van der Waals surface area contributed by atoms with Crippen LogP contribution in [0.25, 0.3) is 0 Å². The number of phenols is 1. The predicted octanol–water partition coefficient (Wildman–Crippen LogP) is 2.08. The maximum absolute atomic E-state index is 13.3. The zero-order chi connectivity index (χ0) is 23.3.